The summed E-state index contributed by atoms with van der Waals surface area (Å²) in [6, 6.07) is 4.70. The zero-order valence-corrected chi connectivity index (χ0v) is 9.36. The van der Waals surface area contributed by atoms with Gasteiger partial charge in [-0.3, -0.25) is 4.57 Å². The van der Waals surface area contributed by atoms with Crippen molar-refractivity contribution in [3.05, 3.63) is 24.5 Å². The topological polar surface area (TPSA) is 29.3 Å². The van der Waals surface area contributed by atoms with Crippen molar-refractivity contribution < 1.29 is 0 Å². The summed E-state index contributed by atoms with van der Waals surface area (Å²) < 4.78 is 2.00. The summed E-state index contributed by atoms with van der Waals surface area (Å²) in [7, 11) is 0. The van der Waals surface area contributed by atoms with Gasteiger partial charge in [0.1, 0.15) is 0 Å². The van der Waals surface area contributed by atoms with Gasteiger partial charge >= 0.3 is 0 Å². The number of rotatable bonds is 2. The molecule has 78 valence electrons. The molecule has 1 heterocycles. The zero-order chi connectivity index (χ0) is 10.6. The molecule has 3 nitrogen and oxygen atoms in total. The van der Waals surface area contributed by atoms with Gasteiger partial charge in [-0.25, -0.2) is 4.99 Å². The molecule has 0 aliphatic carbocycles. The predicted octanol–water partition coefficient (Wildman–Crippen LogP) is 2.10. The summed E-state index contributed by atoms with van der Waals surface area (Å²) >= 11 is 0. The summed E-state index contributed by atoms with van der Waals surface area (Å²) in [4.78, 5) is 4.53. The first-order valence-corrected chi connectivity index (χ1v) is 5.07. The monoisotopic (exact) mass is 193 g/mol. The van der Waals surface area contributed by atoms with E-state index < -0.39 is 0 Å². The molecule has 1 N–H and O–H groups in total. The predicted molar refractivity (Wildman–Crippen MR) is 60.7 cm³/mol. The molecule has 0 aliphatic heterocycles. The lowest BCUT2D eigenvalue weighted by molar-refractivity contribution is 0.698. The first-order valence-electron chi connectivity index (χ1n) is 5.07. The van der Waals surface area contributed by atoms with Gasteiger partial charge in [0.05, 0.1) is 0 Å². The first-order chi connectivity index (χ1) is 6.59. The Balaban J connectivity index is 2.83. The Hall–Kier alpha value is -1.25. The highest BCUT2D eigenvalue weighted by Gasteiger charge is 2.03. The van der Waals surface area contributed by atoms with Gasteiger partial charge in [0.2, 0.25) is 5.96 Å². The third kappa shape index (κ3) is 3.24. The number of hydrogen-bond acceptors (Lipinski definition) is 1. The first kappa shape index (κ1) is 10.8. The number of nitrogens with zero attached hydrogens (tertiary/aromatic N) is 2. The third-order valence-corrected chi connectivity index (χ3v) is 1.65. The summed E-state index contributed by atoms with van der Waals surface area (Å²) in [6.45, 7) is 8.37. The summed E-state index contributed by atoms with van der Waals surface area (Å²) in [5, 5.41) is 3.33. The van der Waals surface area contributed by atoms with Crippen LogP contribution in [0.2, 0.25) is 0 Å². The van der Waals surface area contributed by atoms with Gasteiger partial charge in [0, 0.05) is 24.5 Å². The zero-order valence-electron chi connectivity index (χ0n) is 9.36. The Morgan fingerprint density at radius 1 is 1.14 bits per heavy atom. The number of aromatic nitrogens is 1. The van der Waals surface area contributed by atoms with Crippen LogP contribution < -0.4 is 5.32 Å². The van der Waals surface area contributed by atoms with Crippen molar-refractivity contribution in [2.45, 2.75) is 39.8 Å². The van der Waals surface area contributed by atoms with Crippen LogP contribution in [0.1, 0.15) is 27.7 Å². The minimum atomic E-state index is 0.304. The SMILES string of the molecule is CC(C)N=C(NC(C)C)n1cccc1. The molecule has 0 spiro atoms. The largest absolute Gasteiger partial charge is 0.353 e. The highest BCUT2D eigenvalue weighted by atomic mass is 15.2. The lowest BCUT2D eigenvalue weighted by Gasteiger charge is -2.14. The molecule has 0 aliphatic rings. The van der Waals surface area contributed by atoms with Crippen molar-refractivity contribution in [3.63, 3.8) is 0 Å². The third-order valence-electron chi connectivity index (χ3n) is 1.65. The lowest BCUT2D eigenvalue weighted by Crippen LogP contribution is -2.35. The van der Waals surface area contributed by atoms with Gasteiger partial charge in [-0.15, -0.1) is 0 Å². The second-order valence-corrected chi connectivity index (χ2v) is 3.94. The maximum absolute atomic E-state index is 4.53. The summed E-state index contributed by atoms with van der Waals surface area (Å²) in [5.41, 5.74) is 0. The Kier molecular flexibility index (Phi) is 3.74. The highest BCUT2D eigenvalue weighted by Crippen LogP contribution is 1.95. The number of nitrogens with one attached hydrogen (secondary N) is 1. The van der Waals surface area contributed by atoms with Crippen LogP contribution >= 0.6 is 0 Å². The molecule has 0 saturated carbocycles. The van der Waals surface area contributed by atoms with E-state index in [2.05, 4.69) is 38.0 Å². The van der Waals surface area contributed by atoms with E-state index in [0.29, 0.717) is 12.1 Å². The van der Waals surface area contributed by atoms with Crippen LogP contribution in [0.15, 0.2) is 29.5 Å². The van der Waals surface area contributed by atoms with Crippen molar-refractivity contribution in [1.29, 1.82) is 0 Å². The minimum Gasteiger partial charge on any atom is -0.353 e. The van der Waals surface area contributed by atoms with E-state index in [4.69, 9.17) is 0 Å². The smallest absolute Gasteiger partial charge is 0.202 e. The average Bonchev–Trinajstić information content (AvgIpc) is 2.52. The van der Waals surface area contributed by atoms with Crippen molar-refractivity contribution in [2.75, 3.05) is 0 Å². The van der Waals surface area contributed by atoms with Crippen molar-refractivity contribution in [1.82, 2.24) is 9.88 Å². The summed E-state index contributed by atoms with van der Waals surface area (Å²) in [5.74, 6) is 0.917. The molecule has 3 heteroatoms. The van der Waals surface area contributed by atoms with Crippen LogP contribution in [0.4, 0.5) is 0 Å². The fourth-order valence-corrected chi connectivity index (χ4v) is 1.16. The van der Waals surface area contributed by atoms with Crippen LogP contribution in [-0.4, -0.2) is 22.6 Å². The van der Waals surface area contributed by atoms with Gasteiger partial charge in [-0.2, -0.15) is 0 Å². The van der Waals surface area contributed by atoms with Gasteiger partial charge in [-0.1, -0.05) is 0 Å². The van der Waals surface area contributed by atoms with Crippen LogP contribution in [0, 0.1) is 0 Å². The van der Waals surface area contributed by atoms with Crippen LogP contribution in [-0.2, 0) is 0 Å². The average molecular weight is 193 g/mol. The fraction of sp³-hybridized carbons (Fsp3) is 0.545. The van der Waals surface area contributed by atoms with E-state index in [1.807, 2.05) is 29.1 Å². The van der Waals surface area contributed by atoms with E-state index in [1.54, 1.807) is 0 Å². The Bertz CT molecular complexity index is 283. The van der Waals surface area contributed by atoms with Crippen LogP contribution in [0.5, 0.6) is 0 Å². The van der Waals surface area contributed by atoms with Crippen molar-refractivity contribution in [2.24, 2.45) is 4.99 Å². The highest BCUT2D eigenvalue weighted by molar-refractivity contribution is 5.82. The molecule has 0 fully saturated rings. The van der Waals surface area contributed by atoms with Crippen LogP contribution in [0.3, 0.4) is 0 Å². The van der Waals surface area contributed by atoms with E-state index in [0.717, 1.165) is 5.96 Å². The molecule has 0 aromatic carbocycles. The van der Waals surface area contributed by atoms with Crippen molar-refractivity contribution >= 4 is 5.96 Å². The minimum absolute atomic E-state index is 0.304. The molecule has 0 unspecified atom stereocenters. The van der Waals surface area contributed by atoms with E-state index in [9.17, 15) is 0 Å². The number of aliphatic imine (C=N–C) groups is 1. The van der Waals surface area contributed by atoms with E-state index in [1.165, 1.54) is 0 Å². The molecule has 14 heavy (non-hydrogen) atoms. The van der Waals surface area contributed by atoms with Gasteiger partial charge in [0.15, 0.2) is 0 Å². The molecule has 1 aromatic heterocycles. The maximum Gasteiger partial charge on any atom is 0.202 e. The van der Waals surface area contributed by atoms with Gasteiger partial charge in [-0.05, 0) is 39.8 Å². The maximum atomic E-state index is 4.53. The lowest BCUT2D eigenvalue weighted by atomic mass is 10.4. The summed E-state index contributed by atoms with van der Waals surface area (Å²) in [6.07, 6.45) is 3.99. The molecule has 1 rings (SSSR count). The van der Waals surface area contributed by atoms with E-state index >= 15 is 0 Å². The second-order valence-electron chi connectivity index (χ2n) is 3.94. The Morgan fingerprint density at radius 2 is 1.71 bits per heavy atom. The molecule has 1 aromatic rings. The molecule has 0 atom stereocenters. The Morgan fingerprint density at radius 3 is 2.14 bits per heavy atom. The molecule has 0 radical (unpaired) electrons. The van der Waals surface area contributed by atoms with Gasteiger partial charge in [0.25, 0.3) is 0 Å². The molecule has 0 saturated heterocycles. The number of hydrogen-bond donors (Lipinski definition) is 1. The molecular weight excluding hydrogens is 174 g/mol. The van der Waals surface area contributed by atoms with Gasteiger partial charge < -0.3 is 5.32 Å². The molecule has 0 bridgehead atoms. The van der Waals surface area contributed by atoms with E-state index in [-0.39, 0.29) is 0 Å². The van der Waals surface area contributed by atoms with Crippen molar-refractivity contribution in [3.8, 4) is 0 Å². The fourth-order valence-electron chi connectivity index (χ4n) is 1.16. The standard InChI is InChI=1S/C11H19N3/c1-9(2)12-11(13-10(3)4)14-7-5-6-8-14/h5-10H,1-4H3,(H,12,13). The molecule has 0 amide bonds. The second kappa shape index (κ2) is 4.84. The quantitative estimate of drug-likeness (QED) is 0.565. The Labute approximate surface area is 85.9 Å². The normalized spacial score (nSPS) is 12.6. The van der Waals surface area contributed by atoms with Crippen LogP contribution in [0.25, 0.3) is 0 Å². The molecular formula is C11H19N3.